The van der Waals surface area contributed by atoms with E-state index in [4.69, 9.17) is 5.26 Å². The third-order valence-electron chi connectivity index (χ3n) is 2.46. The molecule has 2 rings (SSSR count). The number of nitrogens with zero attached hydrogens (tertiary/aromatic N) is 2. The van der Waals surface area contributed by atoms with E-state index >= 15 is 0 Å². The van der Waals surface area contributed by atoms with Gasteiger partial charge in [-0.2, -0.15) is 5.26 Å². The molecule has 0 amide bonds. The van der Waals surface area contributed by atoms with Gasteiger partial charge in [0.2, 0.25) is 0 Å². The number of fused-ring (bicyclic) bond motifs is 1. The van der Waals surface area contributed by atoms with E-state index in [9.17, 15) is 0 Å². The molecular formula is C14H12N2. The predicted molar refractivity (Wildman–Crippen MR) is 64.7 cm³/mol. The third kappa shape index (κ3) is 1.78. The van der Waals surface area contributed by atoms with E-state index < -0.39 is 0 Å². The lowest BCUT2D eigenvalue weighted by atomic mass is 10.2. The number of hydrogen-bond donors (Lipinski definition) is 0. The smallest absolute Gasteiger partial charge is 0.122 e. The van der Waals surface area contributed by atoms with Gasteiger partial charge in [-0.25, -0.2) is 0 Å². The zero-order valence-corrected chi connectivity index (χ0v) is 9.20. The second-order valence-electron chi connectivity index (χ2n) is 3.49. The van der Waals surface area contributed by atoms with Crippen LogP contribution in [0.1, 0.15) is 19.0 Å². The summed E-state index contributed by atoms with van der Waals surface area (Å²) in [5.74, 6) is 6.09. The van der Waals surface area contributed by atoms with Crippen molar-refractivity contribution >= 4 is 10.9 Å². The van der Waals surface area contributed by atoms with Crippen LogP contribution in [-0.4, -0.2) is 4.57 Å². The lowest BCUT2D eigenvalue weighted by Crippen LogP contribution is -1.97. The van der Waals surface area contributed by atoms with E-state index in [1.165, 1.54) is 0 Å². The first-order valence-corrected chi connectivity index (χ1v) is 5.31. The fraction of sp³-hybridized carbons (Fsp3) is 0.214. The highest BCUT2D eigenvalue weighted by Crippen LogP contribution is 2.18. The molecule has 0 atom stereocenters. The van der Waals surface area contributed by atoms with Crippen LogP contribution in [0.2, 0.25) is 0 Å². The minimum atomic E-state index is 0.588. The van der Waals surface area contributed by atoms with E-state index in [2.05, 4.69) is 17.9 Å². The molecule has 2 heteroatoms. The summed E-state index contributed by atoms with van der Waals surface area (Å²) >= 11 is 0. The number of aromatic nitrogens is 1. The summed E-state index contributed by atoms with van der Waals surface area (Å²) in [6.07, 6.45) is 0.848. The molecule has 0 saturated heterocycles. The van der Waals surface area contributed by atoms with Crippen LogP contribution in [0, 0.1) is 23.2 Å². The fourth-order valence-electron chi connectivity index (χ4n) is 1.73. The standard InChI is InChI=1S/C14H12N2/c1-2-3-6-9-16-13(11-15)10-12-7-4-5-8-14(12)16/h4-5,7-8,10H,2,9H2,1H3. The molecule has 0 bridgehead atoms. The molecule has 1 heterocycles. The van der Waals surface area contributed by atoms with Crippen molar-refractivity contribution in [1.82, 2.24) is 4.57 Å². The van der Waals surface area contributed by atoms with Crippen molar-refractivity contribution in [2.24, 2.45) is 0 Å². The van der Waals surface area contributed by atoms with Gasteiger partial charge in [0.05, 0.1) is 6.54 Å². The number of para-hydroxylation sites is 1. The van der Waals surface area contributed by atoms with Gasteiger partial charge in [0.25, 0.3) is 0 Å². The van der Waals surface area contributed by atoms with Crippen molar-refractivity contribution in [1.29, 1.82) is 5.26 Å². The molecule has 16 heavy (non-hydrogen) atoms. The number of hydrogen-bond acceptors (Lipinski definition) is 1. The van der Waals surface area contributed by atoms with Gasteiger partial charge in [0.1, 0.15) is 11.8 Å². The minimum Gasteiger partial charge on any atom is -0.321 e. The molecule has 0 aliphatic carbocycles. The molecule has 2 aromatic rings. The number of benzene rings is 1. The van der Waals surface area contributed by atoms with Crippen molar-refractivity contribution in [3.05, 3.63) is 36.0 Å². The molecule has 1 aromatic heterocycles. The topological polar surface area (TPSA) is 28.7 Å². The second kappa shape index (κ2) is 4.55. The summed E-state index contributed by atoms with van der Waals surface area (Å²) in [5.41, 5.74) is 1.75. The highest BCUT2D eigenvalue weighted by Gasteiger charge is 2.05. The van der Waals surface area contributed by atoms with Gasteiger partial charge in [0.15, 0.2) is 0 Å². The van der Waals surface area contributed by atoms with Crippen LogP contribution in [0.4, 0.5) is 0 Å². The van der Waals surface area contributed by atoms with Crippen LogP contribution < -0.4 is 0 Å². The quantitative estimate of drug-likeness (QED) is 0.662. The van der Waals surface area contributed by atoms with Crippen LogP contribution in [-0.2, 0) is 6.54 Å². The molecule has 0 saturated carbocycles. The summed E-state index contributed by atoms with van der Waals surface area (Å²) in [4.78, 5) is 0. The zero-order valence-electron chi connectivity index (χ0n) is 9.20. The van der Waals surface area contributed by atoms with Gasteiger partial charge in [0, 0.05) is 17.3 Å². The summed E-state index contributed by atoms with van der Waals surface area (Å²) < 4.78 is 1.96. The first-order valence-electron chi connectivity index (χ1n) is 5.31. The molecule has 2 nitrogen and oxygen atoms in total. The van der Waals surface area contributed by atoms with Gasteiger partial charge >= 0.3 is 0 Å². The van der Waals surface area contributed by atoms with E-state index in [-0.39, 0.29) is 0 Å². The van der Waals surface area contributed by atoms with Crippen LogP contribution >= 0.6 is 0 Å². The Hall–Kier alpha value is -2.19. The Kier molecular flexibility index (Phi) is 2.94. The van der Waals surface area contributed by atoms with Crippen molar-refractivity contribution < 1.29 is 0 Å². The van der Waals surface area contributed by atoms with Crippen molar-refractivity contribution in [3.8, 4) is 17.9 Å². The Labute approximate surface area is 95.1 Å². The van der Waals surface area contributed by atoms with Crippen LogP contribution in [0.15, 0.2) is 30.3 Å². The highest BCUT2D eigenvalue weighted by molar-refractivity contribution is 5.82. The predicted octanol–water partition coefficient (Wildman–Crippen LogP) is 2.93. The van der Waals surface area contributed by atoms with E-state index in [1.807, 2.05) is 41.8 Å². The van der Waals surface area contributed by atoms with E-state index in [0.29, 0.717) is 12.2 Å². The van der Waals surface area contributed by atoms with Crippen LogP contribution in [0.25, 0.3) is 10.9 Å². The number of rotatable bonds is 1. The summed E-state index contributed by atoms with van der Waals surface area (Å²) in [7, 11) is 0. The average Bonchev–Trinajstić information content (AvgIpc) is 2.68. The van der Waals surface area contributed by atoms with Crippen molar-refractivity contribution in [3.63, 3.8) is 0 Å². The summed E-state index contributed by atoms with van der Waals surface area (Å²) in [6, 6.07) is 12.1. The lowest BCUT2D eigenvalue weighted by Gasteiger charge is -2.00. The van der Waals surface area contributed by atoms with Crippen LogP contribution in [0.5, 0.6) is 0 Å². The lowest BCUT2D eigenvalue weighted by molar-refractivity contribution is 0.868. The molecule has 0 fully saturated rings. The first kappa shape index (κ1) is 10.3. The molecule has 1 aromatic carbocycles. The number of nitriles is 1. The maximum absolute atomic E-state index is 9.06. The summed E-state index contributed by atoms with van der Waals surface area (Å²) in [5, 5.41) is 10.2. The molecule has 0 N–H and O–H groups in total. The van der Waals surface area contributed by atoms with Crippen molar-refractivity contribution in [2.45, 2.75) is 19.9 Å². The van der Waals surface area contributed by atoms with E-state index in [0.717, 1.165) is 17.3 Å². The molecular weight excluding hydrogens is 196 g/mol. The largest absolute Gasteiger partial charge is 0.321 e. The molecule has 0 radical (unpaired) electrons. The Balaban J connectivity index is 2.52. The maximum Gasteiger partial charge on any atom is 0.122 e. The first-order chi connectivity index (χ1) is 7.86. The van der Waals surface area contributed by atoms with Crippen molar-refractivity contribution in [2.75, 3.05) is 0 Å². The highest BCUT2D eigenvalue weighted by atomic mass is 15.0. The Morgan fingerprint density at radius 2 is 2.06 bits per heavy atom. The van der Waals surface area contributed by atoms with Gasteiger partial charge in [-0.15, -0.1) is 5.92 Å². The van der Waals surface area contributed by atoms with Gasteiger partial charge < -0.3 is 4.57 Å². The monoisotopic (exact) mass is 208 g/mol. The average molecular weight is 208 g/mol. The van der Waals surface area contributed by atoms with Gasteiger partial charge in [-0.3, -0.25) is 0 Å². The molecule has 0 spiro atoms. The van der Waals surface area contributed by atoms with Crippen LogP contribution in [0.3, 0.4) is 0 Å². The Bertz CT molecular complexity index is 603. The molecule has 0 unspecified atom stereocenters. The fourth-order valence-corrected chi connectivity index (χ4v) is 1.73. The normalized spacial score (nSPS) is 9.50. The zero-order chi connectivity index (χ0) is 11.4. The van der Waals surface area contributed by atoms with Gasteiger partial charge in [-0.05, 0) is 12.1 Å². The molecule has 78 valence electrons. The third-order valence-corrected chi connectivity index (χ3v) is 2.46. The second-order valence-corrected chi connectivity index (χ2v) is 3.49. The maximum atomic E-state index is 9.06. The van der Waals surface area contributed by atoms with E-state index in [1.54, 1.807) is 0 Å². The minimum absolute atomic E-state index is 0.588. The molecule has 0 aliphatic rings. The molecule has 0 aliphatic heterocycles. The Morgan fingerprint density at radius 1 is 1.25 bits per heavy atom. The van der Waals surface area contributed by atoms with Gasteiger partial charge in [-0.1, -0.05) is 31.0 Å². The summed E-state index contributed by atoms with van der Waals surface area (Å²) in [6.45, 7) is 2.61. The SMILES string of the molecule is CCC#CCn1c(C#N)cc2ccccc21. The Morgan fingerprint density at radius 3 is 2.81 bits per heavy atom.